The van der Waals surface area contributed by atoms with Crippen molar-refractivity contribution in [3.63, 3.8) is 0 Å². The fraction of sp³-hybridized carbons (Fsp3) is 0.625. The molecule has 0 bridgehead atoms. The Morgan fingerprint density at radius 3 is 2.42 bits per heavy atom. The summed E-state index contributed by atoms with van der Waals surface area (Å²) in [4.78, 5) is 46.1. The summed E-state index contributed by atoms with van der Waals surface area (Å²) in [6.45, 7) is 8.65. The Bertz CT molecular complexity index is 1150. The number of aldehydes is 1. The number of fused-ring (bicyclic) bond motifs is 1. The zero-order valence-electron chi connectivity index (χ0n) is 21.5. The molecule has 14 heteroatoms. The topological polar surface area (TPSA) is 136 Å². The van der Waals surface area contributed by atoms with Crippen molar-refractivity contribution in [2.24, 2.45) is 11.8 Å². The normalized spacial score (nSPS) is 28.8. The van der Waals surface area contributed by atoms with Crippen LogP contribution in [-0.4, -0.2) is 78.2 Å². The third kappa shape index (κ3) is 5.00. The van der Waals surface area contributed by atoms with Crippen LogP contribution in [0.1, 0.15) is 52.4 Å². The largest absolute Gasteiger partial charge is 0.477 e. The van der Waals surface area contributed by atoms with Gasteiger partial charge in [-0.1, -0.05) is 27.7 Å². The van der Waals surface area contributed by atoms with E-state index in [2.05, 4.69) is 15.4 Å². The van der Waals surface area contributed by atoms with Crippen LogP contribution >= 0.6 is 11.8 Å². The lowest BCUT2D eigenvalue weighted by Gasteiger charge is -2.46. The maximum absolute atomic E-state index is 13.5. The number of hydrogen-bond donors (Lipinski definition) is 3. The average molecular weight is 558 g/mol. The number of hydrogen-bond acceptors (Lipinski definition) is 9. The second-order valence-electron chi connectivity index (χ2n) is 10.9. The highest BCUT2D eigenvalue weighted by Crippen LogP contribution is 2.52. The zero-order valence-corrected chi connectivity index (χ0v) is 22.3. The third-order valence-corrected chi connectivity index (χ3v) is 8.59. The molecule has 0 radical (unpaired) electrons. The van der Waals surface area contributed by atoms with Crippen LogP contribution in [0.15, 0.2) is 16.7 Å². The number of alkyl halides is 3. The molecule has 4 heterocycles. The van der Waals surface area contributed by atoms with Crippen molar-refractivity contribution in [2.45, 2.75) is 76.1 Å². The molecule has 3 N–H and O–H groups in total. The number of amides is 1. The lowest BCUT2D eigenvalue weighted by atomic mass is 9.79. The summed E-state index contributed by atoms with van der Waals surface area (Å²) in [5.41, 5.74) is 1.01. The first-order chi connectivity index (χ1) is 17.5. The molecule has 1 aromatic heterocycles. The second kappa shape index (κ2) is 9.79. The second-order valence-corrected chi connectivity index (χ2v) is 12.3. The van der Waals surface area contributed by atoms with Crippen LogP contribution in [0.4, 0.5) is 19.1 Å². The number of aliphatic hydroxyl groups is 1. The fourth-order valence-corrected chi connectivity index (χ4v) is 6.72. The summed E-state index contributed by atoms with van der Waals surface area (Å²) in [5.74, 6) is -3.04. The van der Waals surface area contributed by atoms with Crippen molar-refractivity contribution in [3.8, 4) is 0 Å². The molecule has 2 unspecified atom stereocenters. The van der Waals surface area contributed by atoms with Gasteiger partial charge in [-0.3, -0.25) is 10.2 Å². The number of carboxylic acids is 1. The number of aliphatic hydroxyl groups excluding tert-OH is 1. The Morgan fingerprint density at radius 2 is 1.89 bits per heavy atom. The number of nitrogens with zero attached hydrogens (tertiary/aromatic N) is 4. The number of nitrogens with one attached hydrogen (secondary N) is 1. The highest BCUT2D eigenvalue weighted by atomic mass is 32.2. The van der Waals surface area contributed by atoms with E-state index in [0.717, 1.165) is 6.07 Å². The Balaban J connectivity index is 1.57. The maximum Gasteiger partial charge on any atom is 0.433 e. The Hall–Kier alpha value is -2.71. The van der Waals surface area contributed by atoms with Crippen LogP contribution in [0.3, 0.4) is 0 Å². The van der Waals surface area contributed by atoms with Crippen molar-refractivity contribution in [3.05, 3.63) is 28.1 Å². The number of aliphatic carboxylic acids is 1. The number of anilines is 1. The van der Waals surface area contributed by atoms with E-state index in [1.54, 1.807) is 27.7 Å². The van der Waals surface area contributed by atoms with E-state index in [9.17, 15) is 37.8 Å². The molecule has 0 aliphatic carbocycles. The SMILES string of the molecule is C[C@@H]1C(SC2C[C@@H](C=O)N(Nc3nc(C(C)(C)C)cc(C(F)(F)F)n3)C2)=C(C(=O)O)N2C(=O)C([C@@H](C)O)[C@@H]12. The molecule has 0 saturated carbocycles. The van der Waals surface area contributed by atoms with Gasteiger partial charge in [-0.05, 0) is 19.4 Å². The first-order valence-corrected chi connectivity index (χ1v) is 13.0. The van der Waals surface area contributed by atoms with Crippen LogP contribution in [0.25, 0.3) is 0 Å². The molecule has 0 aromatic carbocycles. The molecule has 0 spiro atoms. The average Bonchev–Trinajstić information content (AvgIpc) is 3.28. The number of rotatable bonds is 7. The van der Waals surface area contributed by atoms with Crippen molar-refractivity contribution in [1.82, 2.24) is 19.9 Å². The quantitative estimate of drug-likeness (QED) is 0.339. The van der Waals surface area contributed by atoms with Gasteiger partial charge in [0.2, 0.25) is 11.9 Å². The van der Waals surface area contributed by atoms with Crippen LogP contribution in [0, 0.1) is 11.8 Å². The fourth-order valence-electron chi connectivity index (χ4n) is 5.18. The highest BCUT2D eigenvalue weighted by Gasteiger charge is 2.60. The van der Waals surface area contributed by atoms with Gasteiger partial charge in [0.05, 0.1) is 29.8 Å². The number of aromatic nitrogens is 2. The number of carboxylic acid groups (broad SMARTS) is 1. The molecular weight excluding hydrogens is 527 g/mol. The van der Waals surface area contributed by atoms with E-state index in [1.807, 2.05) is 0 Å². The molecule has 3 aliphatic rings. The number of carbonyl (C=O) groups is 3. The molecule has 2 saturated heterocycles. The van der Waals surface area contributed by atoms with Gasteiger partial charge in [0.15, 0.2) is 0 Å². The monoisotopic (exact) mass is 557 g/mol. The Kier molecular flexibility index (Phi) is 7.29. The summed E-state index contributed by atoms with van der Waals surface area (Å²) in [7, 11) is 0. The standard InChI is InChI=1S/C24H30F3N5O5S/c1-10-17-16(11(2)34)20(35)32(17)18(21(36)37)19(10)38-13-6-12(9-33)31(8-13)30-22-28-14(23(3,4)5)7-15(29-22)24(25,26)27/h7,9-13,16-17,34H,6,8H2,1-5H3,(H,36,37)(H,28,29,30)/t10-,11+,12-,13?,16?,17+/m0/s1. The van der Waals surface area contributed by atoms with E-state index in [0.29, 0.717) is 11.2 Å². The summed E-state index contributed by atoms with van der Waals surface area (Å²) in [5, 5.41) is 21.0. The van der Waals surface area contributed by atoms with Crippen molar-refractivity contribution in [2.75, 3.05) is 12.0 Å². The van der Waals surface area contributed by atoms with Gasteiger partial charge in [-0.25, -0.2) is 19.8 Å². The van der Waals surface area contributed by atoms with E-state index in [-0.39, 0.29) is 41.5 Å². The van der Waals surface area contributed by atoms with E-state index in [4.69, 9.17) is 0 Å². The van der Waals surface area contributed by atoms with Crippen LogP contribution in [0.2, 0.25) is 0 Å². The lowest BCUT2D eigenvalue weighted by Crippen LogP contribution is -2.63. The van der Waals surface area contributed by atoms with Crippen molar-refractivity contribution < 1.29 is 37.8 Å². The predicted molar refractivity (Wildman–Crippen MR) is 132 cm³/mol. The Morgan fingerprint density at radius 1 is 1.26 bits per heavy atom. The van der Waals surface area contributed by atoms with Crippen molar-refractivity contribution in [1.29, 1.82) is 0 Å². The lowest BCUT2D eigenvalue weighted by molar-refractivity contribution is -0.163. The number of hydrazine groups is 1. The number of halogens is 3. The first-order valence-electron chi connectivity index (χ1n) is 12.1. The predicted octanol–water partition coefficient (Wildman–Crippen LogP) is 2.65. The van der Waals surface area contributed by atoms with E-state index < -0.39 is 53.3 Å². The summed E-state index contributed by atoms with van der Waals surface area (Å²) >= 11 is 1.23. The molecule has 2 fully saturated rings. The number of carbonyl (C=O) groups excluding carboxylic acids is 2. The molecule has 1 amide bonds. The molecule has 4 rings (SSSR count). The third-order valence-electron chi connectivity index (χ3n) is 7.10. The molecule has 208 valence electrons. The smallest absolute Gasteiger partial charge is 0.433 e. The summed E-state index contributed by atoms with van der Waals surface area (Å²) in [6, 6.07) is -0.293. The zero-order chi connectivity index (χ0) is 28.3. The van der Waals surface area contributed by atoms with E-state index in [1.165, 1.54) is 28.6 Å². The van der Waals surface area contributed by atoms with Gasteiger partial charge in [0, 0.05) is 28.0 Å². The maximum atomic E-state index is 13.5. The Labute approximate surface area is 221 Å². The molecule has 6 atom stereocenters. The molecule has 38 heavy (non-hydrogen) atoms. The van der Waals surface area contributed by atoms with Crippen LogP contribution < -0.4 is 5.43 Å². The van der Waals surface area contributed by atoms with Gasteiger partial charge in [0.1, 0.15) is 17.7 Å². The van der Waals surface area contributed by atoms with E-state index >= 15 is 0 Å². The highest BCUT2D eigenvalue weighted by molar-refractivity contribution is 8.03. The molecule has 3 aliphatic heterocycles. The van der Waals surface area contributed by atoms with Crippen molar-refractivity contribution >= 4 is 35.9 Å². The summed E-state index contributed by atoms with van der Waals surface area (Å²) in [6.07, 6.45) is -4.67. The minimum atomic E-state index is -4.69. The van der Waals surface area contributed by atoms with Crippen LogP contribution in [-0.2, 0) is 26.0 Å². The first kappa shape index (κ1) is 28.3. The van der Waals surface area contributed by atoms with Crippen LogP contribution in [0.5, 0.6) is 0 Å². The molecular formula is C24H30F3N5O5S. The van der Waals surface area contributed by atoms with Gasteiger partial charge < -0.3 is 19.9 Å². The van der Waals surface area contributed by atoms with Gasteiger partial charge >= 0.3 is 12.1 Å². The van der Waals surface area contributed by atoms with Gasteiger partial charge in [-0.15, -0.1) is 11.8 Å². The number of β-lactam (4-membered cyclic amide) rings is 1. The van der Waals surface area contributed by atoms with Gasteiger partial charge in [0.25, 0.3) is 0 Å². The van der Waals surface area contributed by atoms with Gasteiger partial charge in [-0.2, -0.15) is 13.2 Å². The molecule has 1 aromatic rings. The number of thioether (sulfide) groups is 1. The minimum absolute atomic E-state index is 0.125. The minimum Gasteiger partial charge on any atom is -0.477 e. The molecule has 10 nitrogen and oxygen atoms in total. The summed E-state index contributed by atoms with van der Waals surface area (Å²) < 4.78 is 40.5.